The highest BCUT2D eigenvalue weighted by atomic mass is 35.5. The SMILES string of the molecule is CCN(CC)C(=O)CSc1nc2cc(Cl)ccc2c(=O)n1-c1cccc(C)c1. The minimum Gasteiger partial charge on any atom is -0.343 e. The maximum atomic E-state index is 13.2. The molecule has 2 aromatic carbocycles. The van der Waals surface area contributed by atoms with E-state index in [0.717, 1.165) is 11.3 Å². The van der Waals surface area contributed by atoms with Gasteiger partial charge in [0.2, 0.25) is 5.91 Å². The van der Waals surface area contributed by atoms with Gasteiger partial charge in [0.15, 0.2) is 5.16 Å². The summed E-state index contributed by atoms with van der Waals surface area (Å²) in [5.41, 5.74) is 2.12. The van der Waals surface area contributed by atoms with E-state index in [0.29, 0.717) is 34.2 Å². The summed E-state index contributed by atoms with van der Waals surface area (Å²) in [5, 5.41) is 1.49. The molecular weight excluding hydrogens is 394 g/mol. The number of hydrogen-bond acceptors (Lipinski definition) is 4. The number of benzene rings is 2. The van der Waals surface area contributed by atoms with E-state index in [-0.39, 0.29) is 17.2 Å². The van der Waals surface area contributed by atoms with Gasteiger partial charge in [-0.3, -0.25) is 14.2 Å². The zero-order valence-electron chi connectivity index (χ0n) is 16.1. The van der Waals surface area contributed by atoms with Crippen LogP contribution >= 0.6 is 23.4 Å². The molecule has 5 nitrogen and oxygen atoms in total. The first-order chi connectivity index (χ1) is 13.4. The average molecular weight is 416 g/mol. The molecule has 0 radical (unpaired) electrons. The summed E-state index contributed by atoms with van der Waals surface area (Å²) in [6.07, 6.45) is 0. The summed E-state index contributed by atoms with van der Waals surface area (Å²) >= 11 is 7.36. The van der Waals surface area contributed by atoms with Gasteiger partial charge >= 0.3 is 0 Å². The molecule has 0 N–H and O–H groups in total. The molecule has 0 unspecified atom stereocenters. The van der Waals surface area contributed by atoms with E-state index < -0.39 is 0 Å². The van der Waals surface area contributed by atoms with Crippen LogP contribution < -0.4 is 5.56 Å². The van der Waals surface area contributed by atoms with Gasteiger partial charge in [0.1, 0.15) is 0 Å². The molecule has 0 saturated carbocycles. The van der Waals surface area contributed by atoms with E-state index in [9.17, 15) is 9.59 Å². The van der Waals surface area contributed by atoms with Crippen LogP contribution in [-0.4, -0.2) is 39.2 Å². The number of thioether (sulfide) groups is 1. The number of amides is 1. The van der Waals surface area contributed by atoms with Crippen LogP contribution in [0.4, 0.5) is 0 Å². The predicted molar refractivity (Wildman–Crippen MR) is 116 cm³/mol. The molecule has 0 aliphatic rings. The molecule has 0 aliphatic heterocycles. The molecule has 1 amide bonds. The van der Waals surface area contributed by atoms with E-state index in [1.54, 1.807) is 27.7 Å². The lowest BCUT2D eigenvalue weighted by molar-refractivity contribution is -0.127. The maximum absolute atomic E-state index is 13.2. The molecule has 0 saturated heterocycles. The Balaban J connectivity index is 2.12. The minimum atomic E-state index is -0.176. The third kappa shape index (κ3) is 4.23. The van der Waals surface area contributed by atoms with Gasteiger partial charge in [0.25, 0.3) is 5.56 Å². The highest BCUT2D eigenvalue weighted by molar-refractivity contribution is 7.99. The molecule has 7 heteroatoms. The van der Waals surface area contributed by atoms with Crippen molar-refractivity contribution in [1.82, 2.24) is 14.5 Å². The Morgan fingerprint density at radius 2 is 1.93 bits per heavy atom. The van der Waals surface area contributed by atoms with E-state index >= 15 is 0 Å². The van der Waals surface area contributed by atoms with E-state index in [4.69, 9.17) is 11.6 Å². The van der Waals surface area contributed by atoms with E-state index in [1.165, 1.54) is 11.8 Å². The fourth-order valence-corrected chi connectivity index (χ4v) is 4.11. The van der Waals surface area contributed by atoms with Crippen molar-refractivity contribution in [3.05, 3.63) is 63.4 Å². The number of carbonyl (C=O) groups is 1. The van der Waals surface area contributed by atoms with Crippen molar-refractivity contribution < 1.29 is 4.79 Å². The van der Waals surface area contributed by atoms with Crippen LogP contribution in [-0.2, 0) is 4.79 Å². The molecule has 0 atom stereocenters. The molecule has 3 rings (SSSR count). The summed E-state index contributed by atoms with van der Waals surface area (Å²) < 4.78 is 1.57. The first kappa shape index (κ1) is 20.4. The van der Waals surface area contributed by atoms with Crippen LogP contribution in [0.2, 0.25) is 5.02 Å². The highest BCUT2D eigenvalue weighted by Crippen LogP contribution is 2.23. The van der Waals surface area contributed by atoms with Gasteiger partial charge in [0, 0.05) is 18.1 Å². The second kappa shape index (κ2) is 8.80. The minimum absolute atomic E-state index is 0.0197. The molecule has 1 aromatic heterocycles. The van der Waals surface area contributed by atoms with Crippen molar-refractivity contribution >= 4 is 40.2 Å². The number of aryl methyl sites for hydroxylation is 1. The van der Waals surface area contributed by atoms with Crippen LogP contribution in [0.3, 0.4) is 0 Å². The molecular formula is C21H22ClN3O2S. The number of hydrogen-bond donors (Lipinski definition) is 0. The molecule has 1 heterocycles. The van der Waals surface area contributed by atoms with Crippen molar-refractivity contribution in [3.63, 3.8) is 0 Å². The predicted octanol–water partition coefficient (Wildman–Crippen LogP) is 4.31. The van der Waals surface area contributed by atoms with E-state index in [1.807, 2.05) is 45.0 Å². The van der Waals surface area contributed by atoms with Crippen molar-refractivity contribution in [2.75, 3.05) is 18.8 Å². The number of halogens is 1. The molecule has 0 fully saturated rings. The summed E-state index contributed by atoms with van der Waals surface area (Å²) in [4.78, 5) is 32.1. The third-order valence-corrected chi connectivity index (χ3v) is 5.66. The second-order valence-electron chi connectivity index (χ2n) is 6.39. The fourth-order valence-electron chi connectivity index (χ4n) is 3.02. The Morgan fingerprint density at radius 1 is 1.18 bits per heavy atom. The Kier molecular flexibility index (Phi) is 6.42. The van der Waals surface area contributed by atoms with Crippen molar-refractivity contribution in [2.24, 2.45) is 0 Å². The maximum Gasteiger partial charge on any atom is 0.266 e. The zero-order chi connectivity index (χ0) is 20.3. The van der Waals surface area contributed by atoms with Gasteiger partial charge in [0.05, 0.1) is 22.3 Å². The number of nitrogens with zero attached hydrogens (tertiary/aromatic N) is 3. The second-order valence-corrected chi connectivity index (χ2v) is 7.77. The van der Waals surface area contributed by atoms with Crippen molar-refractivity contribution in [2.45, 2.75) is 25.9 Å². The number of rotatable bonds is 6. The summed E-state index contributed by atoms with van der Waals surface area (Å²) in [5.74, 6) is 0.234. The highest BCUT2D eigenvalue weighted by Gasteiger charge is 2.17. The number of fused-ring (bicyclic) bond motifs is 1. The fraction of sp³-hybridized carbons (Fsp3) is 0.286. The van der Waals surface area contributed by atoms with Gasteiger partial charge in [-0.25, -0.2) is 4.98 Å². The number of aromatic nitrogens is 2. The quantitative estimate of drug-likeness (QED) is 0.444. The van der Waals surface area contributed by atoms with Crippen LogP contribution in [0.15, 0.2) is 52.4 Å². The zero-order valence-corrected chi connectivity index (χ0v) is 17.7. The molecule has 3 aromatic rings. The molecule has 28 heavy (non-hydrogen) atoms. The summed E-state index contributed by atoms with van der Waals surface area (Å²) in [6, 6.07) is 12.7. The normalized spacial score (nSPS) is 11.0. The molecule has 0 bridgehead atoms. The van der Waals surface area contributed by atoms with Crippen LogP contribution in [0, 0.1) is 6.92 Å². The Bertz CT molecular complexity index is 1080. The van der Waals surface area contributed by atoms with Crippen LogP contribution in [0.1, 0.15) is 19.4 Å². The standard InChI is InChI=1S/C21H22ClN3O2S/c1-4-24(5-2)19(26)13-28-21-23-18-12-15(22)9-10-17(18)20(27)25(21)16-8-6-7-14(3)11-16/h6-12H,4-5,13H2,1-3H3. The number of carbonyl (C=O) groups excluding carboxylic acids is 1. The monoisotopic (exact) mass is 415 g/mol. The Hall–Kier alpha value is -2.31. The lowest BCUT2D eigenvalue weighted by Crippen LogP contribution is -2.32. The van der Waals surface area contributed by atoms with Crippen LogP contribution in [0.5, 0.6) is 0 Å². The Labute approximate surface area is 173 Å². The molecule has 0 aliphatic carbocycles. The summed E-state index contributed by atoms with van der Waals surface area (Å²) in [7, 11) is 0. The average Bonchev–Trinajstić information content (AvgIpc) is 2.67. The van der Waals surface area contributed by atoms with Gasteiger partial charge < -0.3 is 4.90 Å². The van der Waals surface area contributed by atoms with Gasteiger partial charge in [-0.15, -0.1) is 0 Å². The summed E-state index contributed by atoms with van der Waals surface area (Å²) in [6.45, 7) is 7.18. The lowest BCUT2D eigenvalue weighted by Gasteiger charge is -2.19. The molecule has 146 valence electrons. The van der Waals surface area contributed by atoms with Crippen molar-refractivity contribution in [1.29, 1.82) is 0 Å². The largest absolute Gasteiger partial charge is 0.343 e. The lowest BCUT2D eigenvalue weighted by atomic mass is 10.2. The van der Waals surface area contributed by atoms with Crippen LogP contribution in [0.25, 0.3) is 16.6 Å². The first-order valence-electron chi connectivity index (χ1n) is 9.14. The Morgan fingerprint density at radius 3 is 2.61 bits per heavy atom. The smallest absolute Gasteiger partial charge is 0.266 e. The van der Waals surface area contributed by atoms with Crippen molar-refractivity contribution in [3.8, 4) is 5.69 Å². The third-order valence-electron chi connectivity index (χ3n) is 4.50. The first-order valence-corrected chi connectivity index (χ1v) is 10.5. The van der Waals surface area contributed by atoms with E-state index in [2.05, 4.69) is 4.98 Å². The molecule has 0 spiro atoms. The van der Waals surface area contributed by atoms with Gasteiger partial charge in [-0.1, -0.05) is 35.5 Å². The van der Waals surface area contributed by atoms with Gasteiger partial charge in [-0.2, -0.15) is 0 Å². The topological polar surface area (TPSA) is 55.2 Å². The van der Waals surface area contributed by atoms with Gasteiger partial charge in [-0.05, 0) is 56.7 Å².